The smallest absolute Gasteiger partial charge is 0.305 e. The van der Waals surface area contributed by atoms with Crippen molar-refractivity contribution in [2.24, 2.45) is 11.3 Å². The molecule has 4 nitrogen and oxygen atoms in total. The summed E-state index contributed by atoms with van der Waals surface area (Å²) in [5, 5.41) is 28.0. The lowest BCUT2D eigenvalue weighted by Gasteiger charge is -2.30. The van der Waals surface area contributed by atoms with E-state index in [-0.39, 0.29) is 24.2 Å². The molecule has 0 rings (SSSR count). The molecule has 1 unspecified atom stereocenters. The van der Waals surface area contributed by atoms with Crippen molar-refractivity contribution in [1.82, 2.24) is 0 Å². The van der Waals surface area contributed by atoms with E-state index in [2.05, 4.69) is 20.8 Å². The molecule has 0 amide bonds. The van der Waals surface area contributed by atoms with Crippen LogP contribution in [-0.2, 0) is 4.79 Å². The Balaban J connectivity index is 4.17. The monoisotopic (exact) mass is 260 g/mol. The summed E-state index contributed by atoms with van der Waals surface area (Å²) in [7, 11) is 0. The number of hydrogen-bond acceptors (Lipinski definition) is 3. The van der Waals surface area contributed by atoms with Gasteiger partial charge in [-0.1, -0.05) is 34.1 Å². The fourth-order valence-corrected chi connectivity index (χ4v) is 2.58. The maximum absolute atomic E-state index is 10.4. The van der Waals surface area contributed by atoms with Gasteiger partial charge in [0.2, 0.25) is 0 Å². The van der Waals surface area contributed by atoms with Gasteiger partial charge in [0.15, 0.2) is 0 Å². The van der Waals surface area contributed by atoms with Crippen molar-refractivity contribution in [2.45, 2.75) is 72.0 Å². The number of aliphatic hydroxyl groups is 2. The normalized spacial score (nSPS) is 17.2. The first-order valence-electron chi connectivity index (χ1n) is 6.76. The van der Waals surface area contributed by atoms with Crippen molar-refractivity contribution in [1.29, 1.82) is 0 Å². The van der Waals surface area contributed by atoms with Gasteiger partial charge in [-0.3, -0.25) is 4.79 Å². The number of carboxylic acids is 1. The molecular weight excluding hydrogens is 232 g/mol. The van der Waals surface area contributed by atoms with Gasteiger partial charge in [-0.15, -0.1) is 0 Å². The van der Waals surface area contributed by atoms with Crippen molar-refractivity contribution in [3.8, 4) is 0 Å². The average Bonchev–Trinajstić information content (AvgIpc) is 2.14. The fourth-order valence-electron chi connectivity index (χ4n) is 2.58. The van der Waals surface area contributed by atoms with E-state index in [9.17, 15) is 15.0 Å². The number of hydrogen-bond donors (Lipinski definition) is 3. The first-order chi connectivity index (χ1) is 8.18. The van der Waals surface area contributed by atoms with Gasteiger partial charge in [-0.05, 0) is 24.2 Å². The molecule has 18 heavy (non-hydrogen) atoms. The molecule has 0 aliphatic carbocycles. The van der Waals surface area contributed by atoms with Crippen molar-refractivity contribution >= 4 is 5.97 Å². The molecule has 0 saturated heterocycles. The minimum atomic E-state index is -1.03. The summed E-state index contributed by atoms with van der Waals surface area (Å²) in [6, 6.07) is 0. The van der Waals surface area contributed by atoms with E-state index < -0.39 is 18.2 Å². The molecule has 0 aromatic rings. The van der Waals surface area contributed by atoms with Gasteiger partial charge in [0, 0.05) is 6.42 Å². The predicted molar refractivity (Wildman–Crippen MR) is 71.4 cm³/mol. The summed E-state index contributed by atoms with van der Waals surface area (Å²) < 4.78 is 0. The van der Waals surface area contributed by atoms with Crippen LogP contribution in [0, 0.1) is 11.3 Å². The van der Waals surface area contributed by atoms with Crippen molar-refractivity contribution in [3.05, 3.63) is 0 Å². The Hall–Kier alpha value is -0.610. The molecular formula is C14H28O4. The minimum absolute atomic E-state index is 0.0648. The highest BCUT2D eigenvalue weighted by Gasteiger charge is 2.26. The third kappa shape index (κ3) is 7.67. The van der Waals surface area contributed by atoms with Crippen LogP contribution in [-0.4, -0.2) is 33.5 Å². The number of carboxylic acid groups (broad SMARTS) is 1. The van der Waals surface area contributed by atoms with Gasteiger partial charge < -0.3 is 15.3 Å². The topological polar surface area (TPSA) is 77.8 Å². The molecule has 0 aromatic heterocycles. The Labute approximate surface area is 110 Å². The van der Waals surface area contributed by atoms with Crippen LogP contribution in [0.15, 0.2) is 0 Å². The quantitative estimate of drug-likeness (QED) is 0.595. The first kappa shape index (κ1) is 17.4. The lowest BCUT2D eigenvalue weighted by Crippen LogP contribution is -2.29. The average molecular weight is 260 g/mol. The van der Waals surface area contributed by atoms with Gasteiger partial charge in [0.1, 0.15) is 0 Å². The molecule has 4 heteroatoms. The van der Waals surface area contributed by atoms with Gasteiger partial charge in [0.05, 0.1) is 18.6 Å². The maximum Gasteiger partial charge on any atom is 0.305 e. The number of carbonyl (C=O) groups is 1. The van der Waals surface area contributed by atoms with E-state index in [1.165, 1.54) is 0 Å². The van der Waals surface area contributed by atoms with E-state index in [0.717, 1.165) is 19.3 Å². The number of aliphatic carboxylic acids is 1. The van der Waals surface area contributed by atoms with E-state index in [1.54, 1.807) is 0 Å². The van der Waals surface area contributed by atoms with E-state index in [0.29, 0.717) is 0 Å². The van der Waals surface area contributed by atoms with Gasteiger partial charge in [-0.25, -0.2) is 0 Å². The highest BCUT2D eigenvalue weighted by Crippen LogP contribution is 2.32. The second-order valence-corrected chi connectivity index (χ2v) is 6.15. The summed E-state index contributed by atoms with van der Waals surface area (Å²) in [5.41, 5.74) is 0.174. The van der Waals surface area contributed by atoms with Crippen LogP contribution in [0.3, 0.4) is 0 Å². The van der Waals surface area contributed by atoms with Crippen LogP contribution in [0.4, 0.5) is 0 Å². The van der Waals surface area contributed by atoms with Crippen molar-refractivity contribution in [3.63, 3.8) is 0 Å². The summed E-state index contributed by atoms with van der Waals surface area (Å²) >= 11 is 0. The number of rotatable bonds is 9. The van der Waals surface area contributed by atoms with Crippen LogP contribution in [0.5, 0.6) is 0 Å². The Kier molecular flexibility index (Phi) is 7.48. The van der Waals surface area contributed by atoms with Gasteiger partial charge >= 0.3 is 5.97 Å². The summed E-state index contributed by atoms with van der Waals surface area (Å²) in [6.45, 7) is 8.44. The largest absolute Gasteiger partial charge is 0.481 e. The second kappa shape index (κ2) is 7.74. The molecule has 0 fully saturated rings. The lowest BCUT2D eigenvalue weighted by molar-refractivity contribution is -0.139. The maximum atomic E-state index is 10.4. The van der Waals surface area contributed by atoms with Crippen LogP contribution in [0.1, 0.15) is 59.8 Å². The van der Waals surface area contributed by atoms with Crippen LogP contribution >= 0.6 is 0 Å². The molecule has 3 atom stereocenters. The van der Waals surface area contributed by atoms with Gasteiger partial charge in [-0.2, -0.15) is 0 Å². The van der Waals surface area contributed by atoms with E-state index in [4.69, 9.17) is 5.11 Å². The molecule has 0 saturated carbocycles. The minimum Gasteiger partial charge on any atom is -0.481 e. The third-order valence-electron chi connectivity index (χ3n) is 3.38. The summed E-state index contributed by atoms with van der Waals surface area (Å²) in [5.74, 6) is -0.969. The molecule has 108 valence electrons. The van der Waals surface area contributed by atoms with Gasteiger partial charge in [0.25, 0.3) is 0 Å². The van der Waals surface area contributed by atoms with Crippen molar-refractivity contribution in [2.75, 3.05) is 0 Å². The third-order valence-corrected chi connectivity index (χ3v) is 3.38. The SMILES string of the molecule is CCCC(C)(C)CC(C)[C@@H](O)C[C@@H](O)CC(=O)O. The zero-order valence-corrected chi connectivity index (χ0v) is 12.0. The highest BCUT2D eigenvalue weighted by atomic mass is 16.4. The van der Waals surface area contributed by atoms with Crippen molar-refractivity contribution < 1.29 is 20.1 Å². The van der Waals surface area contributed by atoms with Crippen LogP contribution in [0.25, 0.3) is 0 Å². The fraction of sp³-hybridized carbons (Fsp3) is 0.929. The molecule has 0 aliphatic rings. The molecule has 3 N–H and O–H groups in total. The zero-order chi connectivity index (χ0) is 14.3. The zero-order valence-electron chi connectivity index (χ0n) is 12.0. The molecule has 0 spiro atoms. The van der Waals surface area contributed by atoms with Crippen LogP contribution < -0.4 is 0 Å². The molecule has 0 aliphatic heterocycles. The Morgan fingerprint density at radius 1 is 1.28 bits per heavy atom. The standard InChI is InChI=1S/C14H28O4/c1-5-6-14(3,4)9-10(2)12(16)7-11(15)8-13(17)18/h10-12,15-16H,5-9H2,1-4H3,(H,17,18)/t10?,11-,12+/m1/s1. The Bertz CT molecular complexity index is 250. The molecule has 0 heterocycles. The summed E-state index contributed by atoms with van der Waals surface area (Å²) in [4.78, 5) is 10.4. The Morgan fingerprint density at radius 3 is 2.28 bits per heavy atom. The second-order valence-electron chi connectivity index (χ2n) is 6.15. The summed E-state index contributed by atoms with van der Waals surface area (Å²) in [6.07, 6.45) is 1.31. The van der Waals surface area contributed by atoms with E-state index in [1.807, 2.05) is 6.92 Å². The Morgan fingerprint density at radius 2 is 1.83 bits per heavy atom. The lowest BCUT2D eigenvalue weighted by atomic mass is 9.77. The molecule has 0 radical (unpaired) electrons. The van der Waals surface area contributed by atoms with Crippen LogP contribution in [0.2, 0.25) is 0 Å². The molecule has 0 bridgehead atoms. The highest BCUT2D eigenvalue weighted by molar-refractivity contribution is 5.67. The molecule has 0 aromatic carbocycles. The number of aliphatic hydroxyl groups excluding tert-OH is 2. The first-order valence-corrected chi connectivity index (χ1v) is 6.76. The predicted octanol–water partition coefficient (Wildman–Crippen LogP) is 2.43. The van der Waals surface area contributed by atoms with E-state index >= 15 is 0 Å².